The predicted octanol–water partition coefficient (Wildman–Crippen LogP) is 22.9. The molecular weight excluding hydrogens is 1220 g/mol. The molecule has 0 saturated heterocycles. The molecule has 0 N–H and O–H groups in total. The van der Waals surface area contributed by atoms with Crippen molar-refractivity contribution in [3.63, 3.8) is 0 Å². The van der Waals surface area contributed by atoms with Gasteiger partial charge in [-0.05, 0) is 246 Å². The summed E-state index contributed by atoms with van der Waals surface area (Å²) in [4.78, 5) is 0. The first-order valence-corrected chi connectivity index (χ1v) is 32.1. The molecule has 0 aliphatic heterocycles. The quantitative estimate of drug-likeness (QED) is 0.0762. The minimum absolute atomic E-state index is 0.341. The van der Waals surface area contributed by atoms with E-state index in [0.29, 0.717) is 0 Å². The van der Waals surface area contributed by atoms with Crippen LogP contribution in [0.2, 0.25) is 0 Å². The van der Waals surface area contributed by atoms with Gasteiger partial charge in [0.15, 0.2) is 0 Å². The van der Waals surface area contributed by atoms with Crippen molar-refractivity contribution < 1.29 is 18.9 Å². The fraction of sp³-hybridized carbons (Fsp3) is 0.133. The molecule has 1 aliphatic rings. The zero-order valence-corrected chi connectivity index (χ0v) is 53.7. The molecule has 0 heterocycles. The van der Waals surface area contributed by atoms with E-state index in [1.807, 2.05) is 0 Å². The lowest BCUT2D eigenvalue weighted by atomic mass is 9.70. The van der Waals surface area contributed by atoms with Crippen LogP contribution in [0.4, 0.5) is 0 Å². The van der Waals surface area contributed by atoms with Gasteiger partial charge in [0.1, 0.15) is 23.0 Å². The standard InChI is InChI=1S/C83H68Br2O4/c1-86-67-39-29-59(30-40-67)79-73(55-19-9-5-10-20-55)51-63(77(57-23-13-7-14-24-57)81(79)61-33-43-69(88-3)44-34-61)27-17-49-83(75-53-65(84)37-47-71(75)72-48-38-66(85)54-76(72)83)50-18-28-64-52-74(56-21-11-6-12-22-56)80(60-31-41-68(87-2)42-32-60)82(62-35-45-70(89-4)46-36-62)78(64)58-25-15-8-16-26-58/h5-16,19-26,29-48,51-54H,17-18,27-28,49-50H2,1-4H3. The van der Waals surface area contributed by atoms with Gasteiger partial charge in [-0.15, -0.1) is 0 Å². The summed E-state index contributed by atoms with van der Waals surface area (Å²) in [5, 5.41) is 0. The number of rotatable bonds is 20. The number of aryl methyl sites for hydroxylation is 2. The Kier molecular flexibility index (Phi) is 17.3. The highest BCUT2D eigenvalue weighted by Crippen LogP contribution is 2.57. The topological polar surface area (TPSA) is 36.9 Å². The monoisotopic (exact) mass is 1290 g/mol. The van der Waals surface area contributed by atoms with Gasteiger partial charge in [-0.2, -0.15) is 0 Å². The maximum atomic E-state index is 5.79. The van der Waals surface area contributed by atoms with Gasteiger partial charge in [0, 0.05) is 14.4 Å². The average molecular weight is 1290 g/mol. The second-order valence-electron chi connectivity index (χ2n) is 23.0. The number of hydrogen-bond acceptors (Lipinski definition) is 4. The molecule has 0 atom stereocenters. The van der Waals surface area contributed by atoms with Gasteiger partial charge in [0.05, 0.1) is 28.4 Å². The lowest BCUT2D eigenvalue weighted by molar-refractivity contribution is 0.414. The van der Waals surface area contributed by atoms with Crippen LogP contribution in [0, 0.1) is 0 Å². The minimum atomic E-state index is -0.341. The van der Waals surface area contributed by atoms with Gasteiger partial charge in [-0.3, -0.25) is 0 Å². The number of methoxy groups -OCH3 is 4. The van der Waals surface area contributed by atoms with Gasteiger partial charge in [0.2, 0.25) is 0 Å². The first-order chi connectivity index (χ1) is 43.7. The Bertz CT molecular complexity index is 4140. The largest absolute Gasteiger partial charge is 0.497 e. The normalized spacial score (nSPS) is 12.1. The van der Waals surface area contributed by atoms with Crippen molar-refractivity contribution in [2.75, 3.05) is 28.4 Å². The van der Waals surface area contributed by atoms with E-state index in [9.17, 15) is 0 Å². The van der Waals surface area contributed by atoms with Crippen LogP contribution >= 0.6 is 31.9 Å². The summed E-state index contributed by atoms with van der Waals surface area (Å²) in [5.74, 6) is 3.27. The van der Waals surface area contributed by atoms with E-state index in [2.05, 4.69) is 299 Å². The molecule has 12 aromatic rings. The minimum Gasteiger partial charge on any atom is -0.497 e. The third kappa shape index (κ3) is 11.8. The first kappa shape index (κ1) is 58.8. The maximum Gasteiger partial charge on any atom is 0.118 e. The number of hydrogen-bond donors (Lipinski definition) is 0. The summed E-state index contributed by atoms with van der Waals surface area (Å²) in [7, 11) is 6.92. The first-order valence-electron chi connectivity index (χ1n) is 30.6. The summed E-state index contributed by atoms with van der Waals surface area (Å²) in [6.07, 6.45) is 5.34. The Morgan fingerprint density at radius 1 is 0.270 bits per heavy atom. The predicted molar refractivity (Wildman–Crippen MR) is 377 cm³/mol. The van der Waals surface area contributed by atoms with Crippen molar-refractivity contribution in [2.45, 2.75) is 43.9 Å². The van der Waals surface area contributed by atoms with E-state index in [4.69, 9.17) is 18.9 Å². The smallest absolute Gasteiger partial charge is 0.118 e. The molecule has 0 unspecified atom stereocenters. The van der Waals surface area contributed by atoms with Crippen molar-refractivity contribution in [2.24, 2.45) is 0 Å². The van der Waals surface area contributed by atoms with Crippen LogP contribution in [-0.4, -0.2) is 28.4 Å². The highest BCUT2D eigenvalue weighted by Gasteiger charge is 2.43. The van der Waals surface area contributed by atoms with Gasteiger partial charge in [-0.25, -0.2) is 0 Å². The summed E-state index contributed by atoms with van der Waals surface area (Å²) in [6.45, 7) is 0. The second-order valence-corrected chi connectivity index (χ2v) is 24.8. The van der Waals surface area contributed by atoms with E-state index in [1.165, 1.54) is 89.0 Å². The van der Waals surface area contributed by atoms with E-state index in [-0.39, 0.29) is 5.41 Å². The highest BCUT2D eigenvalue weighted by molar-refractivity contribution is 9.10. The highest BCUT2D eigenvalue weighted by atomic mass is 79.9. The van der Waals surface area contributed by atoms with Gasteiger partial charge < -0.3 is 18.9 Å². The van der Waals surface area contributed by atoms with Crippen LogP contribution in [0.1, 0.15) is 47.9 Å². The van der Waals surface area contributed by atoms with Crippen molar-refractivity contribution in [1.29, 1.82) is 0 Å². The van der Waals surface area contributed by atoms with Crippen LogP contribution in [0.15, 0.2) is 276 Å². The van der Waals surface area contributed by atoms with Crippen LogP contribution in [0.5, 0.6) is 23.0 Å². The van der Waals surface area contributed by atoms with Gasteiger partial charge >= 0.3 is 0 Å². The molecule has 0 saturated carbocycles. The van der Waals surface area contributed by atoms with E-state index < -0.39 is 0 Å². The summed E-state index contributed by atoms with van der Waals surface area (Å²) in [5.41, 5.74) is 26.4. The molecule has 0 amide bonds. The Morgan fingerprint density at radius 2 is 0.551 bits per heavy atom. The third-order valence-electron chi connectivity index (χ3n) is 18.0. The number of benzene rings is 12. The summed E-state index contributed by atoms with van der Waals surface area (Å²) < 4.78 is 25.2. The van der Waals surface area contributed by atoms with Crippen LogP contribution < -0.4 is 18.9 Å². The summed E-state index contributed by atoms with van der Waals surface area (Å²) in [6, 6.07) is 97.2. The Hall–Kier alpha value is -9.20. The zero-order valence-electron chi connectivity index (χ0n) is 50.5. The molecule has 0 fully saturated rings. The Morgan fingerprint density at radius 3 is 0.854 bits per heavy atom. The van der Waals surface area contributed by atoms with Crippen molar-refractivity contribution in [1.82, 2.24) is 0 Å². The van der Waals surface area contributed by atoms with Crippen molar-refractivity contribution in [3.8, 4) is 123 Å². The molecule has 6 heteroatoms. The zero-order chi connectivity index (χ0) is 60.8. The number of fused-ring (bicyclic) bond motifs is 3. The van der Waals surface area contributed by atoms with Gasteiger partial charge in [0.25, 0.3) is 0 Å². The van der Waals surface area contributed by atoms with E-state index >= 15 is 0 Å². The molecule has 0 bridgehead atoms. The van der Waals surface area contributed by atoms with Crippen LogP contribution in [0.25, 0.3) is 100 Å². The molecule has 0 aromatic heterocycles. The lowest BCUT2D eigenvalue weighted by Crippen LogP contribution is -2.26. The molecule has 12 aromatic carbocycles. The maximum absolute atomic E-state index is 5.79. The molecule has 4 nitrogen and oxygen atoms in total. The summed E-state index contributed by atoms with van der Waals surface area (Å²) >= 11 is 8.05. The molecule has 13 rings (SSSR count). The molecule has 89 heavy (non-hydrogen) atoms. The molecule has 0 spiro atoms. The number of ether oxygens (including phenoxy) is 4. The van der Waals surface area contributed by atoms with E-state index in [0.717, 1.165) is 104 Å². The Balaban J connectivity index is 0.980. The second kappa shape index (κ2) is 26.2. The Labute approximate surface area is 540 Å². The molecular formula is C83H68Br2O4. The molecule has 0 radical (unpaired) electrons. The van der Waals surface area contributed by atoms with Crippen molar-refractivity contribution in [3.05, 3.63) is 298 Å². The number of halogens is 2. The fourth-order valence-electron chi connectivity index (χ4n) is 13.9. The molecule has 1 aliphatic carbocycles. The van der Waals surface area contributed by atoms with Gasteiger partial charge in [-0.1, -0.05) is 214 Å². The SMILES string of the molecule is COc1ccc(-c2c(-c3ccccc3)cc(CCCC3(CCCc4cc(-c5ccccc5)c(-c5ccc(OC)cc5)c(-c5ccc(OC)cc5)c4-c4ccccc4)c4cc(Br)ccc4-c4ccc(Br)cc43)c(-c3ccccc3)c2-c2ccc(OC)cc2)cc1. The van der Waals surface area contributed by atoms with Crippen LogP contribution in [-0.2, 0) is 18.3 Å². The molecule has 438 valence electrons. The average Bonchev–Trinajstić information content (AvgIpc) is 1.84. The lowest BCUT2D eigenvalue weighted by Gasteiger charge is -2.34. The van der Waals surface area contributed by atoms with E-state index in [1.54, 1.807) is 28.4 Å². The third-order valence-corrected chi connectivity index (χ3v) is 19.0. The van der Waals surface area contributed by atoms with Crippen molar-refractivity contribution >= 4 is 31.9 Å². The van der Waals surface area contributed by atoms with Crippen LogP contribution in [0.3, 0.4) is 0 Å². The fourth-order valence-corrected chi connectivity index (χ4v) is 14.6.